The molecule has 0 atom stereocenters. The highest BCUT2D eigenvalue weighted by Gasteiger charge is 2.16. The third kappa shape index (κ3) is 5.49. The van der Waals surface area contributed by atoms with Crippen molar-refractivity contribution in [2.45, 2.75) is 52.4 Å². The normalized spacial score (nSPS) is 14.7. The number of carbonyl (C=O) groups excluding carboxylic acids is 1. The first kappa shape index (κ1) is 19.3. The SMILES string of the molecule is Cc1nc(-c2ccccn2)nc(NCCNC(=O)CC2CCCCC2)c1C. The maximum Gasteiger partial charge on any atom is 0.220 e. The molecule has 0 aromatic carbocycles. The van der Waals surface area contributed by atoms with Crippen LogP contribution in [0, 0.1) is 19.8 Å². The standard InChI is InChI=1S/C21H29N5O/c1-15-16(2)25-21(18-10-6-7-11-22-18)26-20(15)24-13-12-23-19(27)14-17-8-4-3-5-9-17/h6-7,10-11,17H,3-5,8-9,12-14H2,1-2H3,(H,23,27)(H,24,25,26). The zero-order chi connectivity index (χ0) is 19.1. The van der Waals surface area contributed by atoms with E-state index >= 15 is 0 Å². The summed E-state index contributed by atoms with van der Waals surface area (Å²) in [7, 11) is 0. The molecular formula is C21H29N5O. The number of anilines is 1. The second kappa shape index (κ2) is 9.44. The third-order valence-electron chi connectivity index (χ3n) is 5.22. The summed E-state index contributed by atoms with van der Waals surface area (Å²) in [6.45, 7) is 5.20. The first-order valence-corrected chi connectivity index (χ1v) is 9.90. The fraction of sp³-hybridized carbons (Fsp3) is 0.524. The van der Waals surface area contributed by atoms with Gasteiger partial charge >= 0.3 is 0 Å². The van der Waals surface area contributed by atoms with E-state index in [1.807, 2.05) is 32.0 Å². The maximum absolute atomic E-state index is 12.1. The molecule has 1 amide bonds. The summed E-state index contributed by atoms with van der Waals surface area (Å²) in [4.78, 5) is 25.6. The van der Waals surface area contributed by atoms with Crippen LogP contribution in [0.1, 0.15) is 49.8 Å². The van der Waals surface area contributed by atoms with Gasteiger partial charge in [-0.15, -0.1) is 0 Å². The van der Waals surface area contributed by atoms with E-state index in [0.717, 1.165) is 22.8 Å². The lowest BCUT2D eigenvalue weighted by Crippen LogP contribution is -2.30. The summed E-state index contributed by atoms with van der Waals surface area (Å²) in [6, 6.07) is 5.70. The molecule has 1 fully saturated rings. The molecule has 2 aromatic rings. The zero-order valence-corrected chi connectivity index (χ0v) is 16.3. The molecule has 0 bridgehead atoms. The third-order valence-corrected chi connectivity index (χ3v) is 5.22. The van der Waals surface area contributed by atoms with Crippen LogP contribution in [0.25, 0.3) is 11.5 Å². The monoisotopic (exact) mass is 367 g/mol. The van der Waals surface area contributed by atoms with E-state index in [1.54, 1.807) is 6.20 Å². The van der Waals surface area contributed by atoms with Gasteiger partial charge in [0.15, 0.2) is 5.82 Å². The summed E-state index contributed by atoms with van der Waals surface area (Å²) < 4.78 is 0. The lowest BCUT2D eigenvalue weighted by Gasteiger charge is -2.20. The summed E-state index contributed by atoms with van der Waals surface area (Å²) in [6.07, 6.45) is 8.65. The van der Waals surface area contributed by atoms with Crippen LogP contribution >= 0.6 is 0 Å². The number of nitrogens with zero attached hydrogens (tertiary/aromatic N) is 3. The summed E-state index contributed by atoms with van der Waals surface area (Å²) in [5.41, 5.74) is 2.70. The lowest BCUT2D eigenvalue weighted by molar-refractivity contribution is -0.122. The highest BCUT2D eigenvalue weighted by Crippen LogP contribution is 2.26. The van der Waals surface area contributed by atoms with Gasteiger partial charge < -0.3 is 10.6 Å². The number of aromatic nitrogens is 3. The van der Waals surface area contributed by atoms with Crippen molar-refractivity contribution in [3.63, 3.8) is 0 Å². The predicted molar refractivity (Wildman–Crippen MR) is 107 cm³/mol. The molecule has 0 spiro atoms. The maximum atomic E-state index is 12.1. The van der Waals surface area contributed by atoms with E-state index in [-0.39, 0.29) is 5.91 Å². The van der Waals surface area contributed by atoms with Crippen molar-refractivity contribution in [3.8, 4) is 11.5 Å². The first-order chi connectivity index (χ1) is 13.1. The fourth-order valence-corrected chi connectivity index (χ4v) is 3.52. The highest BCUT2D eigenvalue weighted by molar-refractivity contribution is 5.76. The predicted octanol–water partition coefficient (Wildman–Crippen LogP) is 3.65. The second-order valence-electron chi connectivity index (χ2n) is 7.31. The van der Waals surface area contributed by atoms with Gasteiger partial charge in [0.05, 0.1) is 0 Å². The quantitative estimate of drug-likeness (QED) is 0.730. The summed E-state index contributed by atoms with van der Waals surface area (Å²) in [5, 5.41) is 6.35. The smallest absolute Gasteiger partial charge is 0.220 e. The molecule has 0 saturated heterocycles. The Bertz CT molecular complexity index is 757. The lowest BCUT2D eigenvalue weighted by atomic mass is 9.87. The molecule has 6 heteroatoms. The number of hydrogen-bond donors (Lipinski definition) is 2. The molecule has 2 aromatic heterocycles. The molecule has 27 heavy (non-hydrogen) atoms. The van der Waals surface area contributed by atoms with E-state index < -0.39 is 0 Å². The Morgan fingerprint density at radius 1 is 1.11 bits per heavy atom. The van der Waals surface area contributed by atoms with Gasteiger partial charge in [0.25, 0.3) is 0 Å². The van der Waals surface area contributed by atoms with Crippen LogP contribution in [0.5, 0.6) is 0 Å². The largest absolute Gasteiger partial charge is 0.368 e. The average Bonchev–Trinajstić information content (AvgIpc) is 2.69. The van der Waals surface area contributed by atoms with Crippen molar-refractivity contribution in [1.82, 2.24) is 20.3 Å². The van der Waals surface area contributed by atoms with Crippen LogP contribution in [-0.4, -0.2) is 33.9 Å². The van der Waals surface area contributed by atoms with Gasteiger partial charge in [-0.3, -0.25) is 9.78 Å². The highest BCUT2D eigenvalue weighted by atomic mass is 16.1. The first-order valence-electron chi connectivity index (χ1n) is 9.90. The topological polar surface area (TPSA) is 79.8 Å². The average molecular weight is 367 g/mol. The van der Waals surface area contributed by atoms with E-state index in [4.69, 9.17) is 0 Å². The molecule has 0 aliphatic heterocycles. The van der Waals surface area contributed by atoms with Crippen molar-refractivity contribution in [1.29, 1.82) is 0 Å². The minimum Gasteiger partial charge on any atom is -0.368 e. The molecule has 6 nitrogen and oxygen atoms in total. The molecule has 1 aliphatic carbocycles. The summed E-state index contributed by atoms with van der Waals surface area (Å²) in [5.74, 6) is 2.14. The molecule has 2 heterocycles. The van der Waals surface area contributed by atoms with Gasteiger partial charge in [-0.05, 0) is 44.7 Å². The Morgan fingerprint density at radius 2 is 1.93 bits per heavy atom. The zero-order valence-electron chi connectivity index (χ0n) is 16.3. The van der Waals surface area contributed by atoms with Gasteiger partial charge in [0.2, 0.25) is 5.91 Å². The van der Waals surface area contributed by atoms with E-state index in [0.29, 0.717) is 31.3 Å². The van der Waals surface area contributed by atoms with Crippen LogP contribution in [0.15, 0.2) is 24.4 Å². The van der Waals surface area contributed by atoms with Crippen LogP contribution < -0.4 is 10.6 Å². The number of hydrogen-bond acceptors (Lipinski definition) is 5. The van der Waals surface area contributed by atoms with Gasteiger partial charge in [-0.1, -0.05) is 25.3 Å². The number of nitrogens with one attached hydrogen (secondary N) is 2. The molecule has 0 radical (unpaired) electrons. The van der Waals surface area contributed by atoms with Crippen LogP contribution in [0.3, 0.4) is 0 Å². The van der Waals surface area contributed by atoms with Gasteiger partial charge in [-0.2, -0.15) is 0 Å². The number of aryl methyl sites for hydroxylation is 1. The van der Waals surface area contributed by atoms with Crippen LogP contribution in [0.4, 0.5) is 5.82 Å². The Morgan fingerprint density at radius 3 is 2.67 bits per heavy atom. The molecule has 0 unspecified atom stereocenters. The molecule has 1 saturated carbocycles. The van der Waals surface area contributed by atoms with E-state index in [9.17, 15) is 4.79 Å². The Balaban J connectivity index is 1.51. The molecule has 3 rings (SSSR count). The Kier molecular flexibility index (Phi) is 6.74. The number of carbonyl (C=O) groups is 1. The molecular weight excluding hydrogens is 338 g/mol. The van der Waals surface area contributed by atoms with Crippen LogP contribution in [-0.2, 0) is 4.79 Å². The van der Waals surface area contributed by atoms with E-state index in [2.05, 4.69) is 25.6 Å². The summed E-state index contributed by atoms with van der Waals surface area (Å²) >= 11 is 0. The van der Waals surface area contributed by atoms with E-state index in [1.165, 1.54) is 32.1 Å². The molecule has 1 aliphatic rings. The van der Waals surface area contributed by atoms with Gasteiger partial charge in [-0.25, -0.2) is 9.97 Å². The van der Waals surface area contributed by atoms with Gasteiger partial charge in [0, 0.05) is 37.0 Å². The Hall–Kier alpha value is -2.50. The number of amides is 1. The van der Waals surface area contributed by atoms with Crippen molar-refractivity contribution in [2.24, 2.45) is 5.92 Å². The van der Waals surface area contributed by atoms with Crippen molar-refractivity contribution in [3.05, 3.63) is 35.7 Å². The minimum atomic E-state index is 0.161. The van der Waals surface area contributed by atoms with Crippen LogP contribution in [0.2, 0.25) is 0 Å². The second-order valence-corrected chi connectivity index (χ2v) is 7.31. The van der Waals surface area contributed by atoms with Crippen molar-refractivity contribution < 1.29 is 4.79 Å². The van der Waals surface area contributed by atoms with Crippen molar-refractivity contribution >= 4 is 11.7 Å². The number of pyridine rings is 1. The minimum absolute atomic E-state index is 0.161. The Labute approximate surface area is 161 Å². The number of rotatable bonds is 7. The molecule has 2 N–H and O–H groups in total. The molecule has 144 valence electrons. The van der Waals surface area contributed by atoms with Gasteiger partial charge in [0.1, 0.15) is 11.5 Å². The van der Waals surface area contributed by atoms with Crippen molar-refractivity contribution in [2.75, 3.05) is 18.4 Å². The fourth-order valence-electron chi connectivity index (χ4n) is 3.52.